The summed E-state index contributed by atoms with van der Waals surface area (Å²) in [6.07, 6.45) is 9.82. The quantitative estimate of drug-likeness (QED) is 0.0144. The molecule has 5 aromatic carbocycles. The van der Waals surface area contributed by atoms with Crippen LogP contribution in [0.1, 0.15) is 103 Å². The summed E-state index contributed by atoms with van der Waals surface area (Å²) in [6.45, 7) is 10.5. The number of halogens is 9. The van der Waals surface area contributed by atoms with Crippen LogP contribution in [0.25, 0.3) is 0 Å². The van der Waals surface area contributed by atoms with Gasteiger partial charge in [0, 0.05) is 48.3 Å². The molecule has 0 fully saturated rings. The third kappa shape index (κ3) is 25.5. The number of aliphatic hydroxyl groups is 2. The van der Waals surface area contributed by atoms with E-state index in [-0.39, 0.29) is 52.2 Å². The number of aliphatic hydroxyl groups excluding tert-OH is 2. The predicted octanol–water partition coefficient (Wildman–Crippen LogP) is 9.22. The van der Waals surface area contributed by atoms with E-state index in [1.165, 1.54) is 60.7 Å². The number of rotatable bonds is 7. The van der Waals surface area contributed by atoms with E-state index in [9.17, 15) is 37.5 Å². The van der Waals surface area contributed by atoms with Gasteiger partial charge in [0.15, 0.2) is 10.6 Å². The first-order valence-electron chi connectivity index (χ1n) is 31.5. The Balaban J connectivity index is 0.000000214. The number of nitrogens with two attached hydrogens (primary N) is 2. The molecule has 3 heterocycles. The van der Waals surface area contributed by atoms with E-state index in [0.29, 0.717) is 38.9 Å². The number of aryl methyl sites for hydroxylation is 4. The number of ether oxygens (including phenoxy) is 5. The Bertz CT molecular complexity index is 3650. The second-order valence-corrected chi connectivity index (χ2v) is 28.5. The monoisotopic (exact) mass is 1670 g/mol. The fourth-order valence-electron chi connectivity index (χ4n) is 12.1. The fourth-order valence-corrected chi connectivity index (χ4v) is 14.6. The highest BCUT2D eigenvalue weighted by Gasteiger charge is 2.42. The number of amides is 3. The number of fused-ring (bicyclic) bond motifs is 5. The van der Waals surface area contributed by atoms with Gasteiger partial charge in [0.2, 0.25) is 0 Å². The number of aliphatic imine (C=N–C) groups is 3. The van der Waals surface area contributed by atoms with Crippen molar-refractivity contribution in [3.63, 3.8) is 0 Å². The minimum absolute atomic E-state index is 0. The summed E-state index contributed by atoms with van der Waals surface area (Å²) < 4.78 is 58.1. The van der Waals surface area contributed by atoms with Crippen LogP contribution in [0.15, 0.2) is 130 Å². The molecule has 3 aliphatic heterocycles. The first-order chi connectivity index (χ1) is 46.2. The molecule has 0 saturated heterocycles. The molecule has 3 amide bonds. The number of isothiocyanates is 1. The van der Waals surface area contributed by atoms with Crippen LogP contribution < -0.4 is 37.0 Å². The summed E-state index contributed by atoms with van der Waals surface area (Å²) in [5.41, 5.74) is 23.9. The van der Waals surface area contributed by atoms with Crippen LogP contribution in [0.5, 0.6) is 0 Å². The van der Waals surface area contributed by atoms with E-state index >= 15 is 0 Å². The van der Waals surface area contributed by atoms with Crippen LogP contribution >= 0.6 is 99.8 Å². The molecule has 0 aromatic heterocycles. The van der Waals surface area contributed by atoms with Gasteiger partial charge in [0.05, 0.1) is 50.3 Å². The highest BCUT2D eigenvalue weighted by molar-refractivity contribution is 9.11. The van der Waals surface area contributed by atoms with Gasteiger partial charge >= 0.3 is 25.8 Å². The Morgan fingerprint density at radius 2 is 1.15 bits per heavy atom. The molecular weight excluding hydrogens is 1600 g/mol. The number of nitrogens with one attached hydrogen (secondary N) is 4. The molecule has 0 radical (unpaired) electrons. The molecule has 6 atom stereocenters. The fraction of sp³-hybridized carbons (Fsp3) is 0.448. The van der Waals surface area contributed by atoms with E-state index in [0.717, 1.165) is 101 Å². The number of para-hydroxylation sites is 1. The zero-order valence-corrected chi connectivity index (χ0v) is 63.3. The minimum Gasteiger partial charge on any atom is -1.00 e. The molecule has 19 nitrogen and oxygen atoms in total. The molecule has 0 saturated carbocycles. The van der Waals surface area contributed by atoms with Gasteiger partial charge in [0.25, 0.3) is 12.0 Å². The predicted molar refractivity (Wildman–Crippen MR) is 393 cm³/mol. The van der Waals surface area contributed by atoms with Crippen molar-refractivity contribution in [2.45, 2.75) is 139 Å². The molecule has 6 unspecified atom stereocenters. The smallest absolute Gasteiger partial charge is 0.762 e. The molecule has 4 aliphatic carbocycles. The first-order valence-corrected chi connectivity index (χ1v) is 35.9. The third-order valence-electron chi connectivity index (χ3n) is 16.8. The van der Waals surface area contributed by atoms with Gasteiger partial charge in [-0.1, -0.05) is 118 Å². The van der Waals surface area contributed by atoms with Crippen molar-refractivity contribution in [1.29, 1.82) is 0 Å². The highest BCUT2D eigenvalue weighted by atomic mass is 79.9. The maximum Gasteiger partial charge on any atom is 0.762 e. The lowest BCUT2D eigenvalue weighted by molar-refractivity contribution is -0.837. The summed E-state index contributed by atoms with van der Waals surface area (Å²) in [7, 11) is -3.67. The average molecular weight is 1680 g/mol. The van der Waals surface area contributed by atoms with E-state index in [1.54, 1.807) is 20.8 Å². The van der Waals surface area contributed by atoms with Gasteiger partial charge in [-0.2, -0.15) is 0 Å². The van der Waals surface area contributed by atoms with Crippen LogP contribution in [0.2, 0.25) is 0 Å². The largest absolute Gasteiger partial charge is 1.00 e. The summed E-state index contributed by atoms with van der Waals surface area (Å²) >= 11 is 29.4. The number of hydrogen-bond acceptors (Lipinski definition) is 16. The first kappa shape index (κ1) is 83.0. The van der Waals surface area contributed by atoms with E-state index in [2.05, 4.69) is 210 Å². The third-order valence-corrected chi connectivity index (χ3v) is 19.5. The number of likely N-dealkylation sites (N-methyl/N-ethyl adjacent to an activating group) is 1. The number of nitrogens with zero attached hydrogens (tertiary/aromatic N) is 3. The maximum absolute atomic E-state index is 11.4. The maximum atomic E-state index is 11.4. The SMILES string of the molecule is CCOC(=O)N=C=S.CCOC(=O)NC(=S)NC1(CO)CCc2ccc(Br)cc2C1.CCOC(=O)NC1=NC2(CCc3ccc(Br)cc3C2)CO1.CC[NH+]1c2ccccc2CC1Cl.FB(F)F.NC1(CO)CCc2ccc(Br)cc2C1.NC1=NC2(CCc3ccc(Br)cc3C2)CO1.[F-]. The van der Waals surface area contributed by atoms with Crippen molar-refractivity contribution < 1.29 is 70.8 Å². The topological polar surface area (TPSA) is 267 Å². The van der Waals surface area contributed by atoms with Gasteiger partial charge in [0.1, 0.15) is 30.0 Å². The molecule has 532 valence electrons. The second kappa shape index (κ2) is 40.1. The van der Waals surface area contributed by atoms with Crippen molar-refractivity contribution in [2.24, 2.45) is 26.4 Å². The molecule has 10 N–H and O–H groups in total. The second-order valence-electron chi connectivity index (χ2n) is 23.7. The van der Waals surface area contributed by atoms with E-state index < -0.39 is 36.9 Å². The summed E-state index contributed by atoms with van der Waals surface area (Å²) in [6, 6.07) is 34.4. The number of quaternary nitrogens is 1. The number of carbonyl (C=O) groups is 3. The van der Waals surface area contributed by atoms with Crippen LogP contribution in [0.4, 0.5) is 33.0 Å². The number of alkyl carbamates (subject to hydrolysis) is 2. The van der Waals surface area contributed by atoms with Crippen molar-refractivity contribution >= 4 is 154 Å². The van der Waals surface area contributed by atoms with Crippen LogP contribution in [0, 0.1) is 0 Å². The van der Waals surface area contributed by atoms with Crippen LogP contribution in [-0.2, 0) is 81.5 Å². The number of hydrogen-bond donors (Lipinski definition) is 8. The number of carbonyl (C=O) groups excluding carboxylic acids is 3. The van der Waals surface area contributed by atoms with Crippen LogP contribution in [0.3, 0.4) is 0 Å². The van der Waals surface area contributed by atoms with Gasteiger partial charge in [-0.05, 0) is 215 Å². The number of amidine groups is 2. The molecule has 7 aliphatic rings. The molecule has 31 heteroatoms. The Kier molecular flexibility index (Phi) is 34.0. The molecule has 12 rings (SSSR count). The van der Waals surface area contributed by atoms with Gasteiger partial charge in [-0.15, -0.1) is 4.99 Å². The summed E-state index contributed by atoms with van der Waals surface area (Å²) in [5.74, 6) is 0. The summed E-state index contributed by atoms with van der Waals surface area (Å²) in [4.78, 5) is 46.4. The van der Waals surface area contributed by atoms with Crippen LogP contribution in [-0.4, -0.2) is 139 Å². The molecule has 5 aromatic rings. The zero-order valence-electron chi connectivity index (χ0n) is 54.6. The van der Waals surface area contributed by atoms with Crippen molar-refractivity contribution in [3.05, 3.63) is 165 Å². The lowest BCUT2D eigenvalue weighted by atomic mass is 9.78. The molecular formula is C67H81BBr4ClF4N9O10S2. The zero-order chi connectivity index (χ0) is 70.9. The average Bonchev–Trinajstić information content (AvgIpc) is 1.40. The Labute approximate surface area is 618 Å². The van der Waals surface area contributed by atoms with Gasteiger partial charge in [-0.3, -0.25) is 23.2 Å². The lowest BCUT2D eigenvalue weighted by Crippen LogP contribution is -3.08. The minimum atomic E-state index is -3.67. The standard InChI is InChI=1S/C15H19BrN2O3S.C15H17BrN2O3.C12H13BrN2O.C11H14BrNO.C10H12ClN.C4H5NO2S.BF3.FH/c1-2-21-14(20)17-13(22)18-15(9-19)6-5-10-3-4-12(16)7-11(10)8-15;1-2-20-14(19)17-13-18-15(9-21-13)6-5-10-3-4-12(16)7-11(10)8-15;13-10-2-1-8-3-4-12(6-9(8)5-10)7-16-11(14)15-12;12-10-2-1-8-3-4-11(13,7-14)6-9(8)5-10;1-2-12-9-6-4-3-5-8(9)7-10(12)11;1-2-7-4(6)5-3-8;2-1(3)4;/h3-4,7,19H,2,5-6,8-9H2,1H3,(H2,17,18,20,22);3-4,7H,2,5-6,8-9H2,1H3,(H,17,18,19);1-2,5H,3-4,6-7H2,(H2,14,15);1-2,5,14H,3-4,6-7,13H2;3-6,10H,2,7H2,1H3;2H2,1H3;;1H. The van der Waals surface area contributed by atoms with Gasteiger partial charge in [-0.25, -0.2) is 29.7 Å². The Morgan fingerprint density at radius 3 is 1.63 bits per heavy atom. The van der Waals surface area contributed by atoms with Crippen molar-refractivity contribution in [2.75, 3.05) is 52.8 Å². The Morgan fingerprint density at radius 1 is 0.684 bits per heavy atom. The number of thiocarbonyl (C=S) groups is 2. The van der Waals surface area contributed by atoms with E-state index in [4.69, 9.17) is 54.2 Å². The van der Waals surface area contributed by atoms with E-state index in [1.807, 2.05) is 11.2 Å². The molecule has 0 bridgehead atoms. The number of alkyl halides is 1. The summed E-state index contributed by atoms with van der Waals surface area (Å²) in [5, 5.41) is 29.2. The molecule has 2 spiro atoms. The highest BCUT2D eigenvalue weighted by Crippen LogP contribution is 2.38. The normalized spacial score (nSPS) is 21.8. The Hall–Kier alpha value is -5.63. The molecule has 98 heavy (non-hydrogen) atoms. The van der Waals surface area contributed by atoms with Crippen molar-refractivity contribution in [3.8, 4) is 0 Å². The lowest BCUT2D eigenvalue weighted by Gasteiger charge is -2.38. The van der Waals surface area contributed by atoms with Crippen molar-refractivity contribution in [1.82, 2.24) is 16.0 Å². The number of benzene rings is 5. The van der Waals surface area contributed by atoms with Gasteiger partial charge < -0.3 is 55.4 Å².